The Hall–Kier alpha value is -0.610. The van der Waals surface area contributed by atoms with Gasteiger partial charge in [0.15, 0.2) is 0 Å². The van der Waals surface area contributed by atoms with Crippen molar-refractivity contribution in [1.29, 1.82) is 0 Å². The molecule has 4 unspecified atom stereocenters. The minimum absolute atomic E-state index is 0.179. The molecule has 3 N–H and O–H groups in total. The molecule has 0 heterocycles. The maximum absolute atomic E-state index is 11.2. The average molecular weight is 393 g/mol. The summed E-state index contributed by atoms with van der Waals surface area (Å²) in [5.74, 6) is 2.36. The van der Waals surface area contributed by atoms with E-state index in [9.17, 15) is 15.0 Å². The van der Waals surface area contributed by atoms with Crippen LogP contribution in [0.1, 0.15) is 85.0 Å². The van der Waals surface area contributed by atoms with Gasteiger partial charge in [0.2, 0.25) is 0 Å². The highest BCUT2D eigenvalue weighted by atomic mass is 16.4. The minimum Gasteiger partial charge on any atom is -0.481 e. The second-order valence-electron chi connectivity index (χ2n) is 11.4. The Bertz CT molecular complexity index is 605. The molecule has 4 heteroatoms. The van der Waals surface area contributed by atoms with E-state index in [2.05, 4.69) is 20.8 Å². The molecule has 4 aliphatic rings. The highest BCUT2D eigenvalue weighted by Gasteiger charge is 2.62. The third-order valence-corrected chi connectivity index (χ3v) is 10.2. The standard InChI is InChI=1S/C24H40O4/c1-14(4-7-21(27)28)17-5-6-18-22-19(9-11-24(17,18)3)23(2)10-8-16(25)12-15(23)13-20(22)26/h14-20,22,25-26H,4-13H2,1-3H3,(H,27,28)/t14-,15?,16-,17-,18+,19+,20-,22?,23?,24?/m0/s1. The summed E-state index contributed by atoms with van der Waals surface area (Å²) in [5.41, 5.74) is 0.523. The third-order valence-electron chi connectivity index (χ3n) is 10.2. The van der Waals surface area contributed by atoms with Crippen molar-refractivity contribution in [2.75, 3.05) is 0 Å². The number of rotatable bonds is 4. The van der Waals surface area contributed by atoms with Gasteiger partial charge in [0.25, 0.3) is 0 Å². The summed E-state index contributed by atoms with van der Waals surface area (Å²) in [7, 11) is 0. The number of hydrogen-bond donors (Lipinski definition) is 3. The fourth-order valence-corrected chi connectivity index (χ4v) is 8.73. The molecule has 0 radical (unpaired) electrons. The topological polar surface area (TPSA) is 77.8 Å². The van der Waals surface area contributed by atoms with Crippen LogP contribution in [-0.4, -0.2) is 33.5 Å². The van der Waals surface area contributed by atoms with Gasteiger partial charge in [0.05, 0.1) is 12.2 Å². The van der Waals surface area contributed by atoms with E-state index in [-0.39, 0.29) is 29.5 Å². The largest absolute Gasteiger partial charge is 0.481 e. The predicted molar refractivity (Wildman–Crippen MR) is 109 cm³/mol. The number of aliphatic hydroxyl groups is 2. The molecular weight excluding hydrogens is 352 g/mol. The Morgan fingerprint density at radius 1 is 1.00 bits per heavy atom. The number of hydrogen-bond acceptors (Lipinski definition) is 3. The summed E-state index contributed by atoms with van der Waals surface area (Å²) in [6, 6.07) is 0. The van der Waals surface area contributed by atoms with Gasteiger partial charge in [-0.25, -0.2) is 0 Å². The molecule has 4 aliphatic carbocycles. The quantitative estimate of drug-likeness (QED) is 0.659. The lowest BCUT2D eigenvalue weighted by Crippen LogP contribution is -2.58. The van der Waals surface area contributed by atoms with Gasteiger partial charge in [-0.1, -0.05) is 20.8 Å². The zero-order valence-corrected chi connectivity index (χ0v) is 17.9. The van der Waals surface area contributed by atoms with E-state index in [1.165, 1.54) is 25.7 Å². The van der Waals surface area contributed by atoms with Gasteiger partial charge in [-0.2, -0.15) is 0 Å². The molecule has 28 heavy (non-hydrogen) atoms. The molecule has 0 bridgehead atoms. The van der Waals surface area contributed by atoms with Crippen molar-refractivity contribution in [3.05, 3.63) is 0 Å². The van der Waals surface area contributed by atoms with Gasteiger partial charge in [-0.15, -0.1) is 0 Å². The summed E-state index contributed by atoms with van der Waals surface area (Å²) in [6.07, 6.45) is 9.19. The van der Waals surface area contributed by atoms with Crippen molar-refractivity contribution < 1.29 is 20.1 Å². The van der Waals surface area contributed by atoms with Crippen molar-refractivity contribution in [3.63, 3.8) is 0 Å². The molecule has 0 amide bonds. The molecule has 0 aromatic carbocycles. The van der Waals surface area contributed by atoms with Gasteiger partial charge in [-0.3, -0.25) is 4.79 Å². The normalized spacial score (nSPS) is 51.7. The summed E-state index contributed by atoms with van der Waals surface area (Å²) < 4.78 is 0. The van der Waals surface area contributed by atoms with Crippen molar-refractivity contribution in [2.45, 2.75) is 97.2 Å². The van der Waals surface area contributed by atoms with Crippen LogP contribution in [0.2, 0.25) is 0 Å². The first kappa shape index (κ1) is 20.7. The van der Waals surface area contributed by atoms with Gasteiger partial charge in [0.1, 0.15) is 0 Å². The van der Waals surface area contributed by atoms with Gasteiger partial charge < -0.3 is 15.3 Å². The molecule has 4 saturated carbocycles. The molecule has 10 atom stereocenters. The number of carboxylic acids is 1. The minimum atomic E-state index is -0.684. The first-order valence-corrected chi connectivity index (χ1v) is 11.7. The monoisotopic (exact) mass is 392 g/mol. The summed E-state index contributed by atoms with van der Waals surface area (Å²) in [4.78, 5) is 11.1. The molecule has 4 fully saturated rings. The highest BCUT2D eigenvalue weighted by molar-refractivity contribution is 5.66. The maximum atomic E-state index is 11.2. The molecule has 4 rings (SSSR count). The summed E-state index contributed by atoms with van der Waals surface area (Å²) in [6.45, 7) is 7.16. The van der Waals surface area contributed by atoms with Crippen molar-refractivity contribution in [3.8, 4) is 0 Å². The summed E-state index contributed by atoms with van der Waals surface area (Å²) in [5, 5.41) is 30.5. The van der Waals surface area contributed by atoms with Gasteiger partial charge in [-0.05, 0) is 104 Å². The van der Waals surface area contributed by atoms with Crippen LogP contribution in [0.15, 0.2) is 0 Å². The Labute approximate surface area is 170 Å². The van der Waals surface area contributed by atoms with Crippen LogP contribution >= 0.6 is 0 Å². The Balaban J connectivity index is 1.55. The molecule has 160 valence electrons. The van der Waals surface area contributed by atoms with Crippen LogP contribution in [0.4, 0.5) is 0 Å². The van der Waals surface area contributed by atoms with E-state index < -0.39 is 5.97 Å². The lowest BCUT2D eigenvalue weighted by atomic mass is 9.43. The fourth-order valence-electron chi connectivity index (χ4n) is 8.73. The van der Waals surface area contributed by atoms with E-state index >= 15 is 0 Å². The summed E-state index contributed by atoms with van der Waals surface area (Å²) >= 11 is 0. The van der Waals surface area contributed by atoms with E-state index in [0.717, 1.165) is 32.1 Å². The Morgan fingerprint density at radius 3 is 2.39 bits per heavy atom. The molecule has 0 aliphatic heterocycles. The molecule has 0 aromatic rings. The molecule has 0 aromatic heterocycles. The number of carbonyl (C=O) groups is 1. The van der Waals surface area contributed by atoms with Crippen molar-refractivity contribution in [2.24, 2.45) is 46.3 Å². The molecule has 4 nitrogen and oxygen atoms in total. The van der Waals surface area contributed by atoms with Gasteiger partial charge in [0, 0.05) is 6.42 Å². The molecule has 0 saturated heterocycles. The first-order chi connectivity index (χ1) is 13.2. The van der Waals surface area contributed by atoms with E-state index in [1.807, 2.05) is 0 Å². The van der Waals surface area contributed by atoms with E-state index in [4.69, 9.17) is 5.11 Å². The zero-order chi connectivity index (χ0) is 20.3. The molecule has 0 spiro atoms. The van der Waals surface area contributed by atoms with Crippen LogP contribution < -0.4 is 0 Å². The predicted octanol–water partition coefficient (Wildman–Crippen LogP) is 4.48. The van der Waals surface area contributed by atoms with Crippen LogP contribution in [0, 0.1) is 46.3 Å². The maximum Gasteiger partial charge on any atom is 0.303 e. The lowest BCUT2D eigenvalue weighted by Gasteiger charge is -2.62. The first-order valence-electron chi connectivity index (χ1n) is 11.7. The average Bonchev–Trinajstić information content (AvgIpc) is 2.98. The fraction of sp³-hybridized carbons (Fsp3) is 0.958. The Kier molecular flexibility index (Phi) is 5.36. The van der Waals surface area contributed by atoms with E-state index in [0.29, 0.717) is 35.5 Å². The van der Waals surface area contributed by atoms with Crippen molar-refractivity contribution in [1.82, 2.24) is 0 Å². The van der Waals surface area contributed by atoms with E-state index in [1.54, 1.807) is 0 Å². The van der Waals surface area contributed by atoms with Crippen LogP contribution in [0.3, 0.4) is 0 Å². The zero-order valence-electron chi connectivity index (χ0n) is 17.9. The number of aliphatic carboxylic acids is 1. The smallest absolute Gasteiger partial charge is 0.303 e. The lowest BCUT2D eigenvalue weighted by molar-refractivity contribution is -0.174. The second-order valence-corrected chi connectivity index (χ2v) is 11.4. The number of carboxylic acid groups (broad SMARTS) is 1. The Morgan fingerprint density at radius 2 is 1.68 bits per heavy atom. The SMILES string of the molecule is C[C@@H](CCC(=O)O)[C@@H]1CC[C@@H]2C3[C@@H](CCC21C)C1(C)CC[C@H](O)CC1C[C@@H]3O. The van der Waals surface area contributed by atoms with Crippen LogP contribution in [0.5, 0.6) is 0 Å². The highest BCUT2D eigenvalue weighted by Crippen LogP contribution is 2.68. The van der Waals surface area contributed by atoms with Gasteiger partial charge >= 0.3 is 5.97 Å². The van der Waals surface area contributed by atoms with Crippen molar-refractivity contribution >= 4 is 5.97 Å². The molecular formula is C24H40O4. The third kappa shape index (κ3) is 3.14. The second kappa shape index (κ2) is 7.27. The number of fused-ring (bicyclic) bond motifs is 5. The van der Waals surface area contributed by atoms with Crippen LogP contribution in [0.25, 0.3) is 0 Å². The van der Waals surface area contributed by atoms with Crippen LogP contribution in [-0.2, 0) is 4.79 Å². The number of aliphatic hydroxyl groups excluding tert-OH is 2.